The third-order valence-electron chi connectivity index (χ3n) is 4.10. The lowest BCUT2D eigenvalue weighted by Crippen LogP contribution is -2.14. The van der Waals surface area contributed by atoms with Crippen molar-refractivity contribution in [2.75, 3.05) is 0 Å². The van der Waals surface area contributed by atoms with Crippen LogP contribution in [0, 0.1) is 5.92 Å². The molecule has 4 heteroatoms. The smallest absolute Gasteiger partial charge is 0.250 e. The van der Waals surface area contributed by atoms with Crippen LogP contribution in [0.4, 0.5) is 0 Å². The van der Waals surface area contributed by atoms with Gasteiger partial charge in [-0.2, -0.15) is 0 Å². The number of nitrogens with zero attached hydrogens (tertiary/aromatic N) is 2. The van der Waals surface area contributed by atoms with Crippen LogP contribution in [0.2, 0.25) is 0 Å². The molecule has 4 nitrogen and oxygen atoms in total. The maximum atomic E-state index is 11.7. The summed E-state index contributed by atoms with van der Waals surface area (Å²) < 4.78 is 1.57. The summed E-state index contributed by atoms with van der Waals surface area (Å²) in [6.07, 6.45) is 6.37. The van der Waals surface area contributed by atoms with Crippen LogP contribution >= 0.6 is 0 Å². The SMILES string of the molecule is CCC1CCc2nc(-c3ccn(C)c(=O)c3)[nH]c2C1. The van der Waals surface area contributed by atoms with Gasteiger partial charge in [0.15, 0.2) is 0 Å². The van der Waals surface area contributed by atoms with Crippen molar-refractivity contribution in [3.05, 3.63) is 40.1 Å². The molecule has 0 radical (unpaired) electrons. The van der Waals surface area contributed by atoms with Crippen molar-refractivity contribution in [2.24, 2.45) is 13.0 Å². The zero-order valence-electron chi connectivity index (χ0n) is 11.4. The number of hydrogen-bond donors (Lipinski definition) is 1. The van der Waals surface area contributed by atoms with Crippen molar-refractivity contribution in [1.82, 2.24) is 14.5 Å². The predicted octanol–water partition coefficient (Wildman–Crippen LogP) is 2.29. The Bertz CT molecular complexity index is 654. The summed E-state index contributed by atoms with van der Waals surface area (Å²) in [5.41, 5.74) is 3.32. The van der Waals surface area contributed by atoms with Gasteiger partial charge < -0.3 is 9.55 Å². The molecular formula is C15H19N3O. The van der Waals surface area contributed by atoms with Gasteiger partial charge in [-0.25, -0.2) is 4.98 Å². The second-order valence-corrected chi connectivity index (χ2v) is 5.39. The van der Waals surface area contributed by atoms with Crippen molar-refractivity contribution < 1.29 is 0 Å². The predicted molar refractivity (Wildman–Crippen MR) is 75.1 cm³/mol. The van der Waals surface area contributed by atoms with E-state index in [-0.39, 0.29) is 5.56 Å². The summed E-state index contributed by atoms with van der Waals surface area (Å²) in [7, 11) is 1.76. The van der Waals surface area contributed by atoms with Gasteiger partial charge in [0.25, 0.3) is 5.56 Å². The number of pyridine rings is 1. The van der Waals surface area contributed by atoms with E-state index in [2.05, 4.69) is 16.9 Å². The highest BCUT2D eigenvalue weighted by Gasteiger charge is 2.21. The lowest BCUT2D eigenvalue weighted by atomic mass is 9.88. The lowest BCUT2D eigenvalue weighted by molar-refractivity contribution is 0.438. The van der Waals surface area contributed by atoms with Gasteiger partial charge in [-0.1, -0.05) is 13.3 Å². The van der Waals surface area contributed by atoms with Gasteiger partial charge in [-0.3, -0.25) is 4.79 Å². The Morgan fingerprint density at radius 2 is 2.37 bits per heavy atom. The molecule has 0 fully saturated rings. The van der Waals surface area contributed by atoms with E-state index in [0.29, 0.717) is 0 Å². The number of fused-ring (bicyclic) bond motifs is 1. The Morgan fingerprint density at radius 1 is 1.53 bits per heavy atom. The van der Waals surface area contributed by atoms with Gasteiger partial charge in [0.2, 0.25) is 0 Å². The van der Waals surface area contributed by atoms with Gasteiger partial charge in [0.1, 0.15) is 5.82 Å². The van der Waals surface area contributed by atoms with Crippen molar-refractivity contribution in [1.29, 1.82) is 0 Å². The van der Waals surface area contributed by atoms with Crippen LogP contribution in [-0.4, -0.2) is 14.5 Å². The molecule has 3 rings (SSSR count). The van der Waals surface area contributed by atoms with E-state index in [1.807, 2.05) is 6.07 Å². The Balaban J connectivity index is 1.97. The van der Waals surface area contributed by atoms with E-state index < -0.39 is 0 Å². The Hall–Kier alpha value is -1.84. The maximum Gasteiger partial charge on any atom is 0.250 e. The van der Waals surface area contributed by atoms with E-state index >= 15 is 0 Å². The minimum atomic E-state index is -0.00157. The van der Waals surface area contributed by atoms with Gasteiger partial charge in [0, 0.05) is 30.6 Å². The summed E-state index contributed by atoms with van der Waals surface area (Å²) >= 11 is 0. The van der Waals surface area contributed by atoms with E-state index in [0.717, 1.165) is 30.1 Å². The van der Waals surface area contributed by atoms with Crippen molar-refractivity contribution in [3.8, 4) is 11.4 Å². The molecular weight excluding hydrogens is 238 g/mol. The minimum absolute atomic E-state index is 0.00157. The van der Waals surface area contributed by atoms with Crippen molar-refractivity contribution in [3.63, 3.8) is 0 Å². The largest absolute Gasteiger partial charge is 0.342 e. The summed E-state index contributed by atoms with van der Waals surface area (Å²) in [5, 5.41) is 0. The fourth-order valence-corrected chi connectivity index (χ4v) is 2.73. The van der Waals surface area contributed by atoms with Crippen molar-refractivity contribution in [2.45, 2.75) is 32.6 Å². The number of nitrogens with one attached hydrogen (secondary N) is 1. The second-order valence-electron chi connectivity index (χ2n) is 5.39. The molecule has 2 heterocycles. The molecule has 1 unspecified atom stereocenters. The molecule has 0 saturated heterocycles. The summed E-state index contributed by atoms with van der Waals surface area (Å²) in [6, 6.07) is 3.57. The van der Waals surface area contributed by atoms with E-state index in [1.54, 1.807) is 23.9 Å². The van der Waals surface area contributed by atoms with Gasteiger partial charge in [0.05, 0.1) is 5.69 Å². The lowest BCUT2D eigenvalue weighted by Gasteiger charge is -2.18. The average molecular weight is 257 g/mol. The number of aryl methyl sites for hydroxylation is 2. The topological polar surface area (TPSA) is 50.7 Å². The zero-order valence-corrected chi connectivity index (χ0v) is 11.4. The number of H-pyrrole nitrogens is 1. The van der Waals surface area contributed by atoms with Gasteiger partial charge >= 0.3 is 0 Å². The first-order valence-electron chi connectivity index (χ1n) is 6.92. The molecule has 0 aliphatic heterocycles. The van der Waals surface area contributed by atoms with Crippen LogP contribution in [0.1, 0.15) is 31.2 Å². The Labute approximate surface area is 112 Å². The normalized spacial score (nSPS) is 18.3. The molecule has 1 aliphatic carbocycles. The van der Waals surface area contributed by atoms with E-state index in [9.17, 15) is 4.79 Å². The monoisotopic (exact) mass is 257 g/mol. The van der Waals surface area contributed by atoms with E-state index in [1.165, 1.54) is 24.2 Å². The standard InChI is InChI=1S/C15H19N3O/c1-3-10-4-5-12-13(8-10)17-15(16-12)11-6-7-18(2)14(19)9-11/h6-7,9-10H,3-5,8H2,1-2H3,(H,16,17). The summed E-state index contributed by atoms with van der Waals surface area (Å²) in [5.74, 6) is 1.60. The molecule has 0 saturated carbocycles. The molecule has 2 aromatic heterocycles. The van der Waals surface area contributed by atoms with Crippen LogP contribution < -0.4 is 5.56 Å². The van der Waals surface area contributed by atoms with Gasteiger partial charge in [-0.15, -0.1) is 0 Å². The van der Waals surface area contributed by atoms with Crippen LogP contribution in [0.3, 0.4) is 0 Å². The molecule has 1 aliphatic rings. The number of aromatic nitrogens is 3. The third-order valence-corrected chi connectivity index (χ3v) is 4.10. The summed E-state index contributed by atoms with van der Waals surface area (Å²) in [6.45, 7) is 2.24. The fraction of sp³-hybridized carbons (Fsp3) is 0.467. The Kier molecular flexibility index (Phi) is 3.01. The number of hydrogen-bond acceptors (Lipinski definition) is 2. The quantitative estimate of drug-likeness (QED) is 0.897. The van der Waals surface area contributed by atoms with Crippen LogP contribution in [0.25, 0.3) is 11.4 Å². The minimum Gasteiger partial charge on any atom is -0.342 e. The third kappa shape index (κ3) is 2.23. The molecule has 100 valence electrons. The zero-order chi connectivity index (χ0) is 13.4. The molecule has 0 bridgehead atoms. The second kappa shape index (κ2) is 4.68. The van der Waals surface area contributed by atoms with Gasteiger partial charge in [-0.05, 0) is 31.2 Å². The Morgan fingerprint density at radius 3 is 3.11 bits per heavy atom. The molecule has 1 atom stereocenters. The average Bonchev–Trinajstić information content (AvgIpc) is 2.84. The van der Waals surface area contributed by atoms with Crippen LogP contribution in [-0.2, 0) is 19.9 Å². The fourth-order valence-electron chi connectivity index (χ4n) is 2.73. The number of imidazole rings is 1. The highest BCUT2D eigenvalue weighted by Crippen LogP contribution is 2.28. The summed E-state index contributed by atoms with van der Waals surface area (Å²) in [4.78, 5) is 19.7. The molecule has 0 spiro atoms. The highest BCUT2D eigenvalue weighted by atomic mass is 16.1. The molecule has 0 aromatic carbocycles. The first-order valence-corrected chi connectivity index (χ1v) is 6.92. The van der Waals surface area contributed by atoms with E-state index in [4.69, 9.17) is 0 Å². The first kappa shape index (κ1) is 12.2. The first-order chi connectivity index (χ1) is 9.17. The van der Waals surface area contributed by atoms with Crippen LogP contribution in [0.15, 0.2) is 23.1 Å². The highest BCUT2D eigenvalue weighted by molar-refractivity contribution is 5.55. The van der Waals surface area contributed by atoms with Crippen LogP contribution in [0.5, 0.6) is 0 Å². The number of aromatic amines is 1. The maximum absolute atomic E-state index is 11.7. The molecule has 1 N–H and O–H groups in total. The number of rotatable bonds is 2. The molecule has 0 amide bonds. The molecule has 2 aromatic rings. The molecule has 19 heavy (non-hydrogen) atoms. The van der Waals surface area contributed by atoms with Crippen molar-refractivity contribution >= 4 is 0 Å².